The predicted octanol–water partition coefficient (Wildman–Crippen LogP) is 2.47. The lowest BCUT2D eigenvalue weighted by molar-refractivity contribution is 0.187. The Hall–Kier alpha value is -1.60. The van der Waals surface area contributed by atoms with Crippen LogP contribution >= 0.6 is 0 Å². The molecular formula is C15H22N2O4S. The van der Waals surface area contributed by atoms with Crippen LogP contribution in [0.2, 0.25) is 0 Å². The van der Waals surface area contributed by atoms with Crippen molar-refractivity contribution in [3.63, 3.8) is 0 Å². The van der Waals surface area contributed by atoms with Gasteiger partial charge in [0.05, 0.1) is 17.3 Å². The van der Waals surface area contributed by atoms with E-state index in [2.05, 4.69) is 15.4 Å². The Morgan fingerprint density at radius 2 is 2.14 bits per heavy atom. The van der Waals surface area contributed by atoms with Crippen molar-refractivity contribution >= 4 is 21.6 Å². The molecule has 0 spiro atoms. The topological polar surface area (TPSA) is 84.5 Å². The SMILES string of the molecule is COC(=O)Nc1ccc(S(=O)(=O)C(C)C)c([C@@H]2CCCN2)c1. The fourth-order valence-electron chi connectivity index (χ4n) is 2.53. The Balaban J connectivity index is 2.47. The molecule has 122 valence electrons. The van der Waals surface area contributed by atoms with Crippen LogP contribution in [-0.4, -0.2) is 33.4 Å². The number of amides is 1. The molecule has 1 aliphatic heterocycles. The van der Waals surface area contributed by atoms with Crippen LogP contribution in [0.5, 0.6) is 0 Å². The van der Waals surface area contributed by atoms with Crippen LogP contribution < -0.4 is 10.6 Å². The van der Waals surface area contributed by atoms with E-state index in [0.717, 1.165) is 19.4 Å². The van der Waals surface area contributed by atoms with E-state index in [1.807, 2.05) is 0 Å². The Labute approximate surface area is 131 Å². The van der Waals surface area contributed by atoms with Crippen molar-refractivity contribution in [1.82, 2.24) is 5.32 Å². The molecule has 0 saturated carbocycles. The summed E-state index contributed by atoms with van der Waals surface area (Å²) in [7, 11) is -2.10. The highest BCUT2D eigenvalue weighted by Gasteiger charge is 2.28. The quantitative estimate of drug-likeness (QED) is 0.888. The van der Waals surface area contributed by atoms with Gasteiger partial charge in [0, 0.05) is 11.7 Å². The van der Waals surface area contributed by atoms with Gasteiger partial charge >= 0.3 is 6.09 Å². The molecular weight excluding hydrogens is 304 g/mol. The molecule has 0 radical (unpaired) electrons. The van der Waals surface area contributed by atoms with Crippen molar-refractivity contribution in [2.75, 3.05) is 19.0 Å². The van der Waals surface area contributed by atoms with Gasteiger partial charge in [0.1, 0.15) is 0 Å². The molecule has 1 saturated heterocycles. The average Bonchev–Trinajstić information content (AvgIpc) is 3.00. The summed E-state index contributed by atoms with van der Waals surface area (Å²) in [4.78, 5) is 11.7. The number of nitrogens with one attached hydrogen (secondary N) is 2. The molecule has 1 amide bonds. The second-order valence-corrected chi connectivity index (χ2v) is 8.08. The zero-order valence-corrected chi connectivity index (χ0v) is 13.9. The van der Waals surface area contributed by atoms with Gasteiger partial charge in [-0.1, -0.05) is 0 Å². The zero-order valence-electron chi connectivity index (χ0n) is 13.0. The summed E-state index contributed by atoms with van der Waals surface area (Å²) in [5, 5.41) is 5.40. The third-order valence-electron chi connectivity index (χ3n) is 3.80. The molecule has 6 nitrogen and oxygen atoms in total. The highest BCUT2D eigenvalue weighted by atomic mass is 32.2. The van der Waals surface area contributed by atoms with Crippen molar-refractivity contribution < 1.29 is 17.9 Å². The number of sulfone groups is 1. The maximum absolute atomic E-state index is 12.6. The normalized spacial score (nSPS) is 18.5. The average molecular weight is 326 g/mol. The summed E-state index contributed by atoms with van der Waals surface area (Å²) in [6.45, 7) is 4.20. The third kappa shape index (κ3) is 3.41. The molecule has 1 atom stereocenters. The molecule has 0 aromatic heterocycles. The van der Waals surface area contributed by atoms with E-state index in [-0.39, 0.29) is 6.04 Å². The number of rotatable bonds is 4. The van der Waals surface area contributed by atoms with Gasteiger partial charge in [0.25, 0.3) is 0 Å². The van der Waals surface area contributed by atoms with E-state index in [0.29, 0.717) is 16.1 Å². The standard InChI is InChI=1S/C15H22N2O4S/c1-10(2)22(19,20)14-7-6-11(17-15(18)21-3)9-12(14)13-5-4-8-16-13/h6-7,9-10,13,16H,4-5,8H2,1-3H3,(H,17,18)/t13-/m0/s1. The molecule has 0 unspecified atom stereocenters. The molecule has 1 aromatic rings. The first-order chi connectivity index (χ1) is 10.4. The molecule has 1 fully saturated rings. The van der Waals surface area contributed by atoms with Gasteiger partial charge in [-0.3, -0.25) is 5.32 Å². The molecule has 1 aromatic carbocycles. The lowest BCUT2D eigenvalue weighted by atomic mass is 10.0. The maximum Gasteiger partial charge on any atom is 0.411 e. The largest absolute Gasteiger partial charge is 0.453 e. The number of hydrogen-bond acceptors (Lipinski definition) is 5. The van der Waals surface area contributed by atoms with E-state index in [9.17, 15) is 13.2 Å². The summed E-state index contributed by atoms with van der Waals surface area (Å²) in [6, 6.07) is 4.86. The fraction of sp³-hybridized carbons (Fsp3) is 0.533. The minimum atomic E-state index is -3.38. The van der Waals surface area contributed by atoms with Gasteiger partial charge in [0.15, 0.2) is 9.84 Å². The first-order valence-corrected chi connectivity index (χ1v) is 8.87. The van der Waals surface area contributed by atoms with Crippen molar-refractivity contribution in [2.45, 2.75) is 42.9 Å². The smallest absolute Gasteiger partial charge is 0.411 e. The molecule has 1 heterocycles. The second kappa shape index (κ2) is 6.66. The minimum Gasteiger partial charge on any atom is -0.453 e. The first-order valence-electron chi connectivity index (χ1n) is 7.32. The van der Waals surface area contributed by atoms with Crippen LogP contribution in [0.25, 0.3) is 0 Å². The summed E-state index contributed by atoms with van der Waals surface area (Å²) in [5.74, 6) is 0. The lowest BCUT2D eigenvalue weighted by Gasteiger charge is -2.19. The summed E-state index contributed by atoms with van der Waals surface area (Å²) >= 11 is 0. The van der Waals surface area contributed by atoms with E-state index >= 15 is 0 Å². The van der Waals surface area contributed by atoms with Crippen LogP contribution in [0.3, 0.4) is 0 Å². The van der Waals surface area contributed by atoms with Crippen LogP contribution in [0, 0.1) is 0 Å². The molecule has 2 rings (SSSR count). The van der Waals surface area contributed by atoms with Gasteiger partial charge in [-0.05, 0) is 57.0 Å². The molecule has 22 heavy (non-hydrogen) atoms. The summed E-state index contributed by atoms with van der Waals surface area (Å²) in [5.41, 5.74) is 1.23. The Kier molecular flexibility index (Phi) is 5.08. The number of carbonyl (C=O) groups is 1. The predicted molar refractivity (Wildman–Crippen MR) is 84.8 cm³/mol. The van der Waals surface area contributed by atoms with E-state index in [4.69, 9.17) is 0 Å². The Morgan fingerprint density at radius 3 is 2.68 bits per heavy atom. The maximum atomic E-state index is 12.6. The zero-order chi connectivity index (χ0) is 16.3. The number of ether oxygens (including phenoxy) is 1. The van der Waals surface area contributed by atoms with Crippen molar-refractivity contribution in [3.8, 4) is 0 Å². The Morgan fingerprint density at radius 1 is 1.41 bits per heavy atom. The van der Waals surface area contributed by atoms with Crippen LogP contribution in [0.4, 0.5) is 10.5 Å². The van der Waals surface area contributed by atoms with Crippen molar-refractivity contribution in [2.24, 2.45) is 0 Å². The van der Waals surface area contributed by atoms with Crippen LogP contribution in [-0.2, 0) is 14.6 Å². The number of methoxy groups -OCH3 is 1. The number of benzene rings is 1. The van der Waals surface area contributed by atoms with Crippen LogP contribution in [0.1, 0.15) is 38.3 Å². The molecule has 1 aliphatic rings. The van der Waals surface area contributed by atoms with Gasteiger partial charge in [-0.2, -0.15) is 0 Å². The molecule has 7 heteroatoms. The van der Waals surface area contributed by atoms with Gasteiger partial charge in [-0.15, -0.1) is 0 Å². The monoisotopic (exact) mass is 326 g/mol. The van der Waals surface area contributed by atoms with Gasteiger partial charge in [-0.25, -0.2) is 13.2 Å². The van der Waals surface area contributed by atoms with Gasteiger partial charge < -0.3 is 10.1 Å². The first kappa shape index (κ1) is 16.8. The molecule has 0 bridgehead atoms. The van der Waals surface area contributed by atoms with E-state index in [1.54, 1.807) is 32.0 Å². The van der Waals surface area contributed by atoms with Crippen LogP contribution in [0.15, 0.2) is 23.1 Å². The van der Waals surface area contributed by atoms with Crippen molar-refractivity contribution in [3.05, 3.63) is 23.8 Å². The Bertz CT molecular complexity index is 650. The summed E-state index contributed by atoms with van der Waals surface area (Å²) < 4.78 is 29.7. The highest BCUT2D eigenvalue weighted by molar-refractivity contribution is 7.92. The summed E-state index contributed by atoms with van der Waals surface area (Å²) in [6.07, 6.45) is 1.30. The van der Waals surface area contributed by atoms with Crippen molar-refractivity contribution in [1.29, 1.82) is 0 Å². The molecule has 2 N–H and O–H groups in total. The number of hydrogen-bond donors (Lipinski definition) is 2. The number of anilines is 1. The van der Waals surface area contributed by atoms with E-state index < -0.39 is 21.2 Å². The second-order valence-electron chi connectivity index (χ2n) is 5.61. The minimum absolute atomic E-state index is 0.0112. The molecule has 0 aliphatic carbocycles. The third-order valence-corrected chi connectivity index (χ3v) is 6.03. The van der Waals surface area contributed by atoms with E-state index in [1.165, 1.54) is 7.11 Å². The number of carbonyl (C=O) groups excluding carboxylic acids is 1. The van der Waals surface area contributed by atoms with Gasteiger partial charge in [0.2, 0.25) is 0 Å². The highest BCUT2D eigenvalue weighted by Crippen LogP contribution is 2.32. The lowest BCUT2D eigenvalue weighted by Crippen LogP contribution is -2.21. The fourth-order valence-corrected chi connectivity index (χ4v) is 3.83.